The first kappa shape index (κ1) is 13.8. The number of nitrogens with zero attached hydrogens (tertiary/aromatic N) is 2. The summed E-state index contributed by atoms with van der Waals surface area (Å²) < 4.78 is 29.4. The van der Waals surface area contributed by atoms with Crippen molar-refractivity contribution in [2.24, 2.45) is 10.7 Å². The van der Waals surface area contributed by atoms with E-state index in [0.717, 1.165) is 12.8 Å². The zero-order valence-corrected chi connectivity index (χ0v) is 11.4. The Labute approximate surface area is 120 Å². The molecule has 2 N–H and O–H groups in total. The number of likely N-dealkylation sites (N-methyl/N-ethyl adjacent to an activating group) is 1. The van der Waals surface area contributed by atoms with E-state index >= 15 is 0 Å². The van der Waals surface area contributed by atoms with Crippen LogP contribution in [0.25, 0.3) is 0 Å². The Morgan fingerprint density at radius 1 is 1.43 bits per heavy atom. The monoisotopic (exact) mass is 295 g/mol. The van der Waals surface area contributed by atoms with Gasteiger partial charge in [0.15, 0.2) is 12.0 Å². The van der Waals surface area contributed by atoms with Gasteiger partial charge < -0.3 is 10.5 Å². The van der Waals surface area contributed by atoms with Crippen molar-refractivity contribution in [1.29, 1.82) is 0 Å². The summed E-state index contributed by atoms with van der Waals surface area (Å²) in [6.45, 7) is -2.86. The van der Waals surface area contributed by atoms with Crippen LogP contribution in [0.4, 0.5) is 8.78 Å². The van der Waals surface area contributed by atoms with Crippen molar-refractivity contribution in [2.75, 3.05) is 7.05 Å². The third-order valence-electron chi connectivity index (χ3n) is 3.75. The van der Waals surface area contributed by atoms with Gasteiger partial charge in [-0.05, 0) is 42.0 Å². The van der Waals surface area contributed by atoms with Crippen LogP contribution in [0.1, 0.15) is 35.9 Å². The molecule has 0 aromatic heterocycles. The van der Waals surface area contributed by atoms with Crippen molar-refractivity contribution in [3.63, 3.8) is 0 Å². The van der Waals surface area contributed by atoms with Crippen LogP contribution in [0.2, 0.25) is 0 Å². The lowest BCUT2D eigenvalue weighted by atomic mass is 10.0. The molecule has 1 atom stereocenters. The molecule has 2 aliphatic rings. The second kappa shape index (κ2) is 4.98. The van der Waals surface area contributed by atoms with Gasteiger partial charge >= 0.3 is 6.61 Å². The Kier molecular flexibility index (Phi) is 3.27. The number of hydrogen-bond acceptors (Lipinski definition) is 4. The Hall–Kier alpha value is -2.18. The van der Waals surface area contributed by atoms with E-state index in [1.165, 1.54) is 11.0 Å². The highest BCUT2D eigenvalue weighted by Gasteiger charge is 2.34. The first-order chi connectivity index (χ1) is 9.97. The summed E-state index contributed by atoms with van der Waals surface area (Å²) in [5.74, 6) is 0.323. The average molecular weight is 295 g/mol. The maximum atomic E-state index is 12.4. The number of halogens is 2. The molecule has 0 saturated heterocycles. The molecule has 0 unspecified atom stereocenters. The molecule has 1 saturated carbocycles. The number of carbonyl (C=O) groups is 1. The number of rotatable bonds is 4. The molecule has 1 aliphatic heterocycles. The molecule has 0 spiro atoms. The van der Waals surface area contributed by atoms with Crippen LogP contribution in [0, 0.1) is 0 Å². The van der Waals surface area contributed by atoms with Crippen molar-refractivity contribution in [1.82, 2.24) is 4.90 Å². The smallest absolute Gasteiger partial charge is 0.387 e. The van der Waals surface area contributed by atoms with Gasteiger partial charge in [-0.25, -0.2) is 4.99 Å². The first-order valence-corrected chi connectivity index (χ1v) is 6.67. The minimum Gasteiger partial charge on any atom is -0.435 e. The molecule has 5 nitrogen and oxygen atoms in total. The second-order valence-electron chi connectivity index (χ2n) is 5.24. The Morgan fingerprint density at radius 2 is 2.14 bits per heavy atom. The lowest BCUT2D eigenvalue weighted by molar-refractivity contribution is -0.126. The largest absolute Gasteiger partial charge is 0.435 e. The number of carbonyl (C=O) groups excluding carboxylic acids is 1. The van der Waals surface area contributed by atoms with Crippen molar-refractivity contribution < 1.29 is 18.3 Å². The van der Waals surface area contributed by atoms with Crippen molar-refractivity contribution >= 4 is 11.9 Å². The lowest BCUT2D eigenvalue weighted by Crippen LogP contribution is -2.34. The summed E-state index contributed by atoms with van der Waals surface area (Å²) >= 11 is 0. The third-order valence-corrected chi connectivity index (χ3v) is 3.75. The van der Waals surface area contributed by atoms with Crippen LogP contribution in [0.15, 0.2) is 23.2 Å². The summed E-state index contributed by atoms with van der Waals surface area (Å²) in [6.07, 6.45) is 1.87. The van der Waals surface area contributed by atoms with Crippen LogP contribution in [-0.2, 0) is 4.79 Å². The van der Waals surface area contributed by atoms with E-state index in [1.807, 2.05) is 0 Å². The molecular formula is C14H15F2N3O2. The zero-order valence-electron chi connectivity index (χ0n) is 11.4. The highest BCUT2D eigenvalue weighted by Crippen LogP contribution is 2.45. The van der Waals surface area contributed by atoms with Crippen LogP contribution in [-0.4, -0.2) is 30.4 Å². The van der Waals surface area contributed by atoms with Gasteiger partial charge in [-0.1, -0.05) is 6.07 Å². The normalized spacial score (nSPS) is 21.9. The Balaban J connectivity index is 1.94. The number of aliphatic imine (C=N–C) groups is 1. The number of hydrogen-bond donors (Lipinski definition) is 1. The fraction of sp³-hybridized carbons (Fsp3) is 0.429. The number of amides is 1. The molecule has 1 heterocycles. The third kappa shape index (κ3) is 2.55. The van der Waals surface area contributed by atoms with E-state index in [9.17, 15) is 13.6 Å². The van der Waals surface area contributed by atoms with Gasteiger partial charge in [-0.3, -0.25) is 9.69 Å². The summed E-state index contributed by atoms with van der Waals surface area (Å²) in [6, 6.07) is 4.09. The van der Waals surface area contributed by atoms with E-state index in [1.54, 1.807) is 19.2 Å². The highest BCUT2D eigenvalue weighted by molar-refractivity contribution is 6.04. The van der Waals surface area contributed by atoms with E-state index in [0.29, 0.717) is 11.1 Å². The topological polar surface area (TPSA) is 67.9 Å². The zero-order chi connectivity index (χ0) is 15.1. The lowest BCUT2D eigenvalue weighted by Gasteiger charge is -2.14. The van der Waals surface area contributed by atoms with Gasteiger partial charge in [0.25, 0.3) is 5.91 Å². The molecular weight excluding hydrogens is 280 g/mol. The fourth-order valence-corrected chi connectivity index (χ4v) is 2.44. The van der Waals surface area contributed by atoms with E-state index in [2.05, 4.69) is 9.73 Å². The van der Waals surface area contributed by atoms with Gasteiger partial charge in [0, 0.05) is 7.05 Å². The molecule has 1 aromatic rings. The summed E-state index contributed by atoms with van der Waals surface area (Å²) in [4.78, 5) is 17.5. The SMILES string of the molecule is CN1C(=O)[C@H](c2ccc(OC(F)F)c(C3CC3)c2)N=C1N. The summed E-state index contributed by atoms with van der Waals surface area (Å²) in [7, 11) is 1.55. The number of ether oxygens (including phenoxy) is 1. The molecule has 0 bridgehead atoms. The minimum absolute atomic E-state index is 0.158. The maximum Gasteiger partial charge on any atom is 0.387 e. The fourth-order valence-electron chi connectivity index (χ4n) is 2.44. The predicted octanol–water partition coefficient (Wildman–Crippen LogP) is 1.99. The molecule has 1 aromatic carbocycles. The first-order valence-electron chi connectivity index (χ1n) is 6.67. The van der Waals surface area contributed by atoms with Gasteiger partial charge in [-0.2, -0.15) is 8.78 Å². The Morgan fingerprint density at radius 3 is 2.67 bits per heavy atom. The molecule has 3 rings (SSSR count). The number of guanidine groups is 1. The van der Waals surface area contributed by atoms with E-state index in [4.69, 9.17) is 5.73 Å². The van der Waals surface area contributed by atoms with Crippen LogP contribution >= 0.6 is 0 Å². The molecule has 7 heteroatoms. The van der Waals surface area contributed by atoms with Crippen molar-refractivity contribution in [3.8, 4) is 5.75 Å². The van der Waals surface area contributed by atoms with Gasteiger partial charge in [-0.15, -0.1) is 0 Å². The highest BCUT2D eigenvalue weighted by atomic mass is 19.3. The Bertz CT molecular complexity index is 614. The number of nitrogens with two attached hydrogens (primary N) is 1. The van der Waals surface area contributed by atoms with Gasteiger partial charge in [0.2, 0.25) is 0 Å². The van der Waals surface area contributed by atoms with Gasteiger partial charge in [0.1, 0.15) is 5.75 Å². The summed E-state index contributed by atoms with van der Waals surface area (Å²) in [5.41, 5.74) is 6.99. The number of alkyl halides is 2. The molecule has 0 radical (unpaired) electrons. The second-order valence-corrected chi connectivity index (χ2v) is 5.24. The summed E-state index contributed by atoms with van der Waals surface area (Å²) in [5, 5.41) is 0. The molecule has 1 fully saturated rings. The van der Waals surface area contributed by atoms with E-state index < -0.39 is 12.7 Å². The minimum atomic E-state index is -2.86. The predicted molar refractivity (Wildman–Crippen MR) is 72.2 cm³/mol. The van der Waals surface area contributed by atoms with Crippen LogP contribution in [0.3, 0.4) is 0 Å². The molecule has 112 valence electrons. The molecule has 1 aliphatic carbocycles. The average Bonchev–Trinajstić information content (AvgIpc) is 3.24. The standard InChI is InChI=1S/C14H15F2N3O2/c1-19-12(20)11(18-14(19)17)8-4-5-10(21-13(15)16)9(6-8)7-2-3-7/h4-7,11,13H,2-3H2,1H3,(H2,17,18)/t11-/m0/s1. The van der Waals surface area contributed by atoms with E-state index in [-0.39, 0.29) is 23.5 Å². The maximum absolute atomic E-state index is 12.4. The van der Waals surface area contributed by atoms with Crippen LogP contribution < -0.4 is 10.5 Å². The molecule has 21 heavy (non-hydrogen) atoms. The van der Waals surface area contributed by atoms with Gasteiger partial charge in [0.05, 0.1) is 0 Å². The van der Waals surface area contributed by atoms with Crippen LogP contribution in [0.5, 0.6) is 5.75 Å². The quantitative estimate of drug-likeness (QED) is 0.923. The van der Waals surface area contributed by atoms with Crippen molar-refractivity contribution in [3.05, 3.63) is 29.3 Å². The molecule has 1 amide bonds. The number of benzene rings is 1. The van der Waals surface area contributed by atoms with Crippen molar-refractivity contribution in [2.45, 2.75) is 31.4 Å².